The van der Waals surface area contributed by atoms with Crippen molar-refractivity contribution in [3.8, 4) is 0 Å². The van der Waals surface area contributed by atoms with Gasteiger partial charge in [-0.25, -0.2) is 0 Å². The van der Waals surface area contributed by atoms with Gasteiger partial charge in [-0.3, -0.25) is 4.79 Å². The molecule has 0 heterocycles. The molecular formula is C7H15NO3. The maximum Gasteiger partial charge on any atom is 0.323 e. The Hall–Kier alpha value is -0.610. The predicted molar refractivity (Wildman–Crippen MR) is 41.3 cm³/mol. The van der Waals surface area contributed by atoms with Gasteiger partial charge in [-0.05, 0) is 13.3 Å². The maximum atomic E-state index is 10.5. The molecule has 4 heteroatoms. The first-order valence-corrected chi connectivity index (χ1v) is 3.51. The maximum absolute atomic E-state index is 10.5. The summed E-state index contributed by atoms with van der Waals surface area (Å²) in [7, 11) is 1.46. The zero-order chi connectivity index (χ0) is 9.07. The van der Waals surface area contributed by atoms with Crippen LogP contribution in [0, 0.1) is 0 Å². The number of ether oxygens (including phenoxy) is 1. The molecule has 3 N–H and O–H groups in total. The third kappa shape index (κ3) is 2.17. The quantitative estimate of drug-likeness (QED) is 0.618. The minimum Gasteiger partial charge on any atom is -0.480 e. The topological polar surface area (TPSA) is 72.5 Å². The summed E-state index contributed by atoms with van der Waals surface area (Å²) >= 11 is 0. The van der Waals surface area contributed by atoms with Crippen LogP contribution in [0.4, 0.5) is 0 Å². The first kappa shape index (κ1) is 10.4. The van der Waals surface area contributed by atoms with Crippen LogP contribution in [-0.2, 0) is 9.53 Å². The molecule has 2 atom stereocenters. The number of aliphatic carboxylic acids is 1. The van der Waals surface area contributed by atoms with Crippen molar-refractivity contribution in [1.82, 2.24) is 0 Å². The van der Waals surface area contributed by atoms with Crippen molar-refractivity contribution in [2.24, 2.45) is 5.73 Å². The van der Waals surface area contributed by atoms with Gasteiger partial charge >= 0.3 is 5.97 Å². The summed E-state index contributed by atoms with van der Waals surface area (Å²) in [5.74, 6) is -1.03. The first-order valence-electron chi connectivity index (χ1n) is 3.51. The Morgan fingerprint density at radius 2 is 2.27 bits per heavy atom. The second-order valence-corrected chi connectivity index (χ2v) is 2.69. The van der Waals surface area contributed by atoms with Crippen LogP contribution in [0.1, 0.15) is 20.3 Å². The van der Waals surface area contributed by atoms with E-state index in [1.54, 1.807) is 6.92 Å². The minimum atomic E-state index is -1.03. The Bertz CT molecular complexity index is 143. The Morgan fingerprint density at radius 1 is 1.82 bits per heavy atom. The molecule has 4 nitrogen and oxygen atoms in total. The molecule has 0 amide bonds. The van der Waals surface area contributed by atoms with Crippen LogP contribution in [0.15, 0.2) is 0 Å². The molecule has 0 aromatic rings. The fourth-order valence-electron chi connectivity index (χ4n) is 0.752. The standard InChI is InChI=1S/C7H15NO3/c1-4-7(2,11-3)5(8)6(9)10/h5H,4,8H2,1-3H3,(H,9,10)/t5-,7+/m1/s1. The van der Waals surface area contributed by atoms with E-state index in [1.807, 2.05) is 6.92 Å². The van der Waals surface area contributed by atoms with E-state index in [2.05, 4.69) is 0 Å². The number of carboxylic acid groups (broad SMARTS) is 1. The van der Waals surface area contributed by atoms with E-state index >= 15 is 0 Å². The number of hydrogen-bond donors (Lipinski definition) is 2. The van der Waals surface area contributed by atoms with Gasteiger partial charge in [0.15, 0.2) is 0 Å². The number of carboxylic acids is 1. The molecule has 0 rings (SSSR count). The molecule has 0 saturated carbocycles. The van der Waals surface area contributed by atoms with Gasteiger partial charge in [0.2, 0.25) is 0 Å². The number of nitrogens with two attached hydrogens (primary N) is 1. The lowest BCUT2D eigenvalue weighted by atomic mass is 9.94. The van der Waals surface area contributed by atoms with E-state index in [1.165, 1.54) is 7.11 Å². The van der Waals surface area contributed by atoms with E-state index < -0.39 is 17.6 Å². The van der Waals surface area contributed by atoms with Crippen molar-refractivity contribution in [1.29, 1.82) is 0 Å². The molecule has 0 saturated heterocycles. The molecule has 66 valence electrons. The van der Waals surface area contributed by atoms with Gasteiger partial charge in [-0.1, -0.05) is 6.92 Å². The van der Waals surface area contributed by atoms with E-state index in [4.69, 9.17) is 15.6 Å². The normalized spacial score (nSPS) is 18.9. The Morgan fingerprint density at radius 3 is 2.36 bits per heavy atom. The number of hydrogen-bond acceptors (Lipinski definition) is 3. The van der Waals surface area contributed by atoms with Gasteiger partial charge in [-0.2, -0.15) is 0 Å². The van der Waals surface area contributed by atoms with Gasteiger partial charge in [0.05, 0.1) is 5.60 Å². The number of carbonyl (C=O) groups is 1. The largest absolute Gasteiger partial charge is 0.480 e. The third-order valence-corrected chi connectivity index (χ3v) is 2.09. The van der Waals surface area contributed by atoms with Crippen LogP contribution in [0.5, 0.6) is 0 Å². The van der Waals surface area contributed by atoms with Crippen LogP contribution in [-0.4, -0.2) is 29.8 Å². The van der Waals surface area contributed by atoms with Gasteiger partial charge < -0.3 is 15.6 Å². The zero-order valence-corrected chi connectivity index (χ0v) is 7.13. The lowest BCUT2D eigenvalue weighted by Gasteiger charge is -2.30. The second kappa shape index (κ2) is 3.69. The van der Waals surface area contributed by atoms with E-state index in [0.717, 1.165) is 0 Å². The number of methoxy groups -OCH3 is 1. The Kier molecular flexibility index (Phi) is 3.48. The highest BCUT2D eigenvalue weighted by Crippen LogP contribution is 2.17. The molecule has 0 radical (unpaired) electrons. The highest BCUT2D eigenvalue weighted by Gasteiger charge is 2.34. The van der Waals surface area contributed by atoms with Gasteiger partial charge in [0, 0.05) is 7.11 Å². The molecule has 0 aliphatic carbocycles. The summed E-state index contributed by atoms with van der Waals surface area (Å²) in [6.07, 6.45) is 0.580. The smallest absolute Gasteiger partial charge is 0.323 e. The van der Waals surface area contributed by atoms with Crippen LogP contribution in [0.2, 0.25) is 0 Å². The molecule has 0 unspecified atom stereocenters. The fraction of sp³-hybridized carbons (Fsp3) is 0.857. The van der Waals surface area contributed by atoms with E-state index in [-0.39, 0.29) is 0 Å². The summed E-state index contributed by atoms with van der Waals surface area (Å²) in [6, 6.07) is -0.961. The first-order chi connectivity index (χ1) is 4.98. The minimum absolute atomic E-state index is 0.580. The molecule has 0 aliphatic heterocycles. The van der Waals surface area contributed by atoms with Crippen LogP contribution >= 0.6 is 0 Å². The summed E-state index contributed by atoms with van der Waals surface area (Å²) in [5.41, 5.74) is 4.63. The number of rotatable bonds is 4. The SMILES string of the molecule is CC[C@](C)(OC)[C@H](N)C(=O)O. The Labute approximate surface area is 66.3 Å². The highest BCUT2D eigenvalue weighted by molar-refractivity contribution is 5.74. The lowest BCUT2D eigenvalue weighted by molar-refractivity contribution is -0.146. The molecule has 0 aromatic heterocycles. The van der Waals surface area contributed by atoms with Crippen molar-refractivity contribution in [3.63, 3.8) is 0 Å². The average molecular weight is 161 g/mol. The van der Waals surface area contributed by atoms with E-state index in [9.17, 15) is 4.79 Å². The molecular weight excluding hydrogens is 146 g/mol. The summed E-state index contributed by atoms with van der Waals surface area (Å²) < 4.78 is 5.00. The molecule has 0 spiro atoms. The second-order valence-electron chi connectivity index (χ2n) is 2.69. The van der Waals surface area contributed by atoms with Crippen LogP contribution in [0.25, 0.3) is 0 Å². The van der Waals surface area contributed by atoms with Gasteiger partial charge in [0.25, 0.3) is 0 Å². The average Bonchev–Trinajstić information content (AvgIpc) is 2.01. The summed E-state index contributed by atoms with van der Waals surface area (Å²) in [4.78, 5) is 10.5. The molecule has 0 bridgehead atoms. The van der Waals surface area contributed by atoms with Crippen molar-refractivity contribution in [2.75, 3.05) is 7.11 Å². The van der Waals surface area contributed by atoms with E-state index in [0.29, 0.717) is 6.42 Å². The van der Waals surface area contributed by atoms with Gasteiger partial charge in [0.1, 0.15) is 6.04 Å². The molecule has 0 fully saturated rings. The van der Waals surface area contributed by atoms with Crippen molar-refractivity contribution in [3.05, 3.63) is 0 Å². The molecule has 0 aromatic carbocycles. The van der Waals surface area contributed by atoms with Crippen molar-refractivity contribution in [2.45, 2.75) is 31.9 Å². The molecule has 0 aliphatic rings. The summed E-state index contributed by atoms with van der Waals surface area (Å²) in [5, 5.41) is 8.57. The van der Waals surface area contributed by atoms with Crippen LogP contribution in [0.3, 0.4) is 0 Å². The lowest BCUT2D eigenvalue weighted by Crippen LogP contribution is -2.51. The van der Waals surface area contributed by atoms with Crippen LogP contribution < -0.4 is 5.73 Å². The highest BCUT2D eigenvalue weighted by atomic mass is 16.5. The van der Waals surface area contributed by atoms with Crippen molar-refractivity contribution < 1.29 is 14.6 Å². The Balaban J connectivity index is 4.36. The monoisotopic (exact) mass is 161 g/mol. The van der Waals surface area contributed by atoms with Crippen molar-refractivity contribution >= 4 is 5.97 Å². The zero-order valence-electron chi connectivity index (χ0n) is 7.13. The van der Waals surface area contributed by atoms with Gasteiger partial charge in [-0.15, -0.1) is 0 Å². The fourth-order valence-corrected chi connectivity index (χ4v) is 0.752. The predicted octanol–water partition coefficient (Wildman–Crippen LogP) is 0.213. The summed E-state index contributed by atoms with van der Waals surface area (Å²) in [6.45, 7) is 3.53. The third-order valence-electron chi connectivity index (χ3n) is 2.09. The molecule has 11 heavy (non-hydrogen) atoms.